The minimum absolute atomic E-state index is 0.235. The summed E-state index contributed by atoms with van der Waals surface area (Å²) in [6.07, 6.45) is 1.26. The number of carbonyl (C=O) groups excluding carboxylic acids is 1. The lowest BCUT2D eigenvalue weighted by atomic mass is 10.2. The highest BCUT2D eigenvalue weighted by Crippen LogP contribution is 2.32. The van der Waals surface area contributed by atoms with Crippen molar-refractivity contribution in [3.8, 4) is 21.5 Å². The van der Waals surface area contributed by atoms with Gasteiger partial charge >= 0.3 is 6.09 Å². The summed E-state index contributed by atoms with van der Waals surface area (Å²) in [5, 5.41) is 8.23. The summed E-state index contributed by atoms with van der Waals surface area (Å²) in [6, 6.07) is 17.4. The van der Waals surface area contributed by atoms with Crippen LogP contribution >= 0.6 is 11.3 Å². The van der Waals surface area contributed by atoms with Gasteiger partial charge in [0.15, 0.2) is 0 Å². The van der Waals surface area contributed by atoms with Crippen LogP contribution in [0, 0.1) is 12.7 Å². The van der Waals surface area contributed by atoms with Crippen molar-refractivity contribution in [1.82, 2.24) is 20.1 Å². The normalized spacial score (nSPS) is 10.7. The number of amides is 1. The van der Waals surface area contributed by atoms with E-state index in [0.29, 0.717) is 34.6 Å². The molecule has 32 heavy (non-hydrogen) atoms. The van der Waals surface area contributed by atoms with Crippen molar-refractivity contribution < 1.29 is 18.7 Å². The van der Waals surface area contributed by atoms with Crippen LogP contribution in [0.2, 0.25) is 0 Å². The number of benzene rings is 2. The van der Waals surface area contributed by atoms with Crippen molar-refractivity contribution in [1.29, 1.82) is 0 Å². The third kappa shape index (κ3) is 5.70. The molecule has 164 valence electrons. The third-order valence-corrected chi connectivity index (χ3v) is 5.54. The van der Waals surface area contributed by atoms with E-state index in [9.17, 15) is 9.18 Å². The Balaban J connectivity index is 1.30. The van der Waals surface area contributed by atoms with Gasteiger partial charge in [0.25, 0.3) is 0 Å². The molecular formula is C23H21FN4O3S. The zero-order chi connectivity index (χ0) is 22.3. The molecule has 2 aromatic carbocycles. The van der Waals surface area contributed by atoms with Crippen LogP contribution in [0.3, 0.4) is 0 Å². The highest BCUT2D eigenvalue weighted by atomic mass is 32.1. The van der Waals surface area contributed by atoms with Crippen LogP contribution in [-0.2, 0) is 13.1 Å². The van der Waals surface area contributed by atoms with E-state index in [0.717, 1.165) is 11.3 Å². The second-order valence-corrected chi connectivity index (χ2v) is 7.85. The van der Waals surface area contributed by atoms with Crippen molar-refractivity contribution in [2.45, 2.75) is 20.0 Å². The lowest BCUT2D eigenvalue weighted by Crippen LogP contribution is -2.26. The van der Waals surface area contributed by atoms with Crippen molar-refractivity contribution >= 4 is 17.4 Å². The number of thiazole rings is 1. The zero-order valence-corrected chi connectivity index (χ0v) is 18.1. The Labute approximate surface area is 188 Å². The fraction of sp³-hybridized carbons (Fsp3) is 0.174. The molecular weight excluding hydrogens is 431 g/mol. The molecule has 0 bridgehead atoms. The molecule has 0 aliphatic carbocycles. The molecule has 0 aliphatic rings. The minimum atomic E-state index is -0.601. The van der Waals surface area contributed by atoms with Gasteiger partial charge in [0.05, 0.1) is 12.2 Å². The summed E-state index contributed by atoms with van der Waals surface area (Å²) in [7, 11) is 0. The second-order valence-electron chi connectivity index (χ2n) is 6.89. The zero-order valence-electron chi connectivity index (χ0n) is 17.3. The van der Waals surface area contributed by atoms with Crippen LogP contribution in [0.15, 0.2) is 66.9 Å². The molecule has 0 saturated carbocycles. The number of aryl methyl sites for hydroxylation is 1. The predicted molar refractivity (Wildman–Crippen MR) is 119 cm³/mol. The van der Waals surface area contributed by atoms with Gasteiger partial charge in [-0.05, 0) is 42.8 Å². The van der Waals surface area contributed by atoms with Gasteiger partial charge in [-0.15, -0.1) is 0 Å². The molecule has 0 spiro atoms. The lowest BCUT2D eigenvalue weighted by Gasteiger charge is -2.05. The first kappa shape index (κ1) is 21.5. The fourth-order valence-corrected chi connectivity index (χ4v) is 3.74. The Hall–Kier alpha value is -3.72. The molecule has 1 N–H and O–H groups in total. The van der Waals surface area contributed by atoms with Gasteiger partial charge in [-0.1, -0.05) is 41.7 Å². The predicted octanol–water partition coefficient (Wildman–Crippen LogP) is 4.82. The maximum Gasteiger partial charge on any atom is 0.413 e. The summed E-state index contributed by atoms with van der Waals surface area (Å²) in [5.74, 6) is 0.491. The number of hydrogen-bond acceptors (Lipinski definition) is 6. The molecule has 0 unspecified atom stereocenters. The van der Waals surface area contributed by atoms with E-state index in [1.807, 2.05) is 42.6 Å². The maximum absolute atomic E-state index is 13.0. The average molecular weight is 453 g/mol. The maximum atomic E-state index is 13.0. The van der Waals surface area contributed by atoms with Crippen molar-refractivity contribution in [3.05, 3.63) is 83.9 Å². The first-order valence-corrected chi connectivity index (χ1v) is 10.8. The molecule has 0 radical (unpaired) electrons. The highest BCUT2D eigenvalue weighted by Gasteiger charge is 2.16. The van der Waals surface area contributed by atoms with Crippen LogP contribution in [-0.4, -0.2) is 27.5 Å². The Morgan fingerprint density at radius 1 is 1.12 bits per heavy atom. The molecule has 9 heteroatoms. The highest BCUT2D eigenvalue weighted by molar-refractivity contribution is 7.17. The van der Waals surface area contributed by atoms with Crippen LogP contribution in [0.25, 0.3) is 10.7 Å². The summed E-state index contributed by atoms with van der Waals surface area (Å²) < 4.78 is 25.8. The largest absolute Gasteiger partial charge is 0.492 e. The van der Waals surface area contributed by atoms with E-state index in [1.54, 1.807) is 23.7 Å². The van der Waals surface area contributed by atoms with E-state index >= 15 is 0 Å². The number of rotatable bonds is 8. The van der Waals surface area contributed by atoms with Gasteiger partial charge in [0.1, 0.15) is 28.9 Å². The van der Waals surface area contributed by atoms with Gasteiger partial charge in [-0.25, -0.2) is 14.2 Å². The first-order chi connectivity index (χ1) is 15.6. The Morgan fingerprint density at radius 2 is 1.91 bits per heavy atom. The average Bonchev–Trinajstić information content (AvgIpc) is 3.41. The Morgan fingerprint density at radius 3 is 2.69 bits per heavy atom. The van der Waals surface area contributed by atoms with E-state index in [2.05, 4.69) is 15.4 Å². The second kappa shape index (κ2) is 10.1. The molecule has 0 atom stereocenters. The Bertz CT molecular complexity index is 1180. The van der Waals surface area contributed by atoms with Gasteiger partial charge in [-0.2, -0.15) is 5.10 Å². The minimum Gasteiger partial charge on any atom is -0.492 e. The molecule has 0 saturated heterocycles. The number of hydrogen-bond donors (Lipinski definition) is 1. The molecule has 7 nitrogen and oxygen atoms in total. The molecule has 0 fully saturated rings. The fourth-order valence-electron chi connectivity index (χ4n) is 2.86. The van der Waals surface area contributed by atoms with Crippen LogP contribution in [0.4, 0.5) is 9.18 Å². The van der Waals surface area contributed by atoms with Gasteiger partial charge in [0.2, 0.25) is 5.06 Å². The summed E-state index contributed by atoms with van der Waals surface area (Å²) in [4.78, 5) is 16.6. The molecule has 2 heterocycles. The van der Waals surface area contributed by atoms with Crippen LogP contribution in [0.1, 0.15) is 11.3 Å². The molecule has 1 amide bonds. The summed E-state index contributed by atoms with van der Waals surface area (Å²) in [6.45, 7) is 3.09. The van der Waals surface area contributed by atoms with Crippen molar-refractivity contribution in [2.24, 2.45) is 0 Å². The quantitative estimate of drug-likeness (QED) is 0.415. The Kier molecular flexibility index (Phi) is 6.76. The molecule has 0 aliphatic heterocycles. The molecule has 2 aromatic heterocycles. The number of halogens is 1. The SMILES string of the molecule is Cc1nc(-c2ccn(CCOc3ccccc3)n2)sc1OC(=O)NCc1ccc(F)cc1. The molecule has 4 rings (SSSR count). The smallest absolute Gasteiger partial charge is 0.413 e. The third-order valence-electron chi connectivity index (χ3n) is 4.48. The van der Waals surface area contributed by atoms with E-state index < -0.39 is 6.09 Å². The number of nitrogens with one attached hydrogen (secondary N) is 1. The number of ether oxygens (including phenoxy) is 2. The van der Waals surface area contributed by atoms with Gasteiger partial charge < -0.3 is 14.8 Å². The van der Waals surface area contributed by atoms with Crippen molar-refractivity contribution in [2.75, 3.05) is 6.61 Å². The summed E-state index contributed by atoms with van der Waals surface area (Å²) >= 11 is 1.25. The molecule has 4 aromatic rings. The van der Waals surface area contributed by atoms with Gasteiger partial charge in [-0.3, -0.25) is 4.68 Å². The van der Waals surface area contributed by atoms with E-state index in [1.165, 1.54) is 23.5 Å². The number of nitrogens with zero attached hydrogens (tertiary/aromatic N) is 3. The number of para-hydroxylation sites is 1. The van der Waals surface area contributed by atoms with E-state index in [4.69, 9.17) is 9.47 Å². The topological polar surface area (TPSA) is 78.3 Å². The first-order valence-electron chi connectivity index (χ1n) is 9.96. The number of aromatic nitrogens is 3. The monoisotopic (exact) mass is 452 g/mol. The summed E-state index contributed by atoms with van der Waals surface area (Å²) in [5.41, 5.74) is 2.06. The lowest BCUT2D eigenvalue weighted by molar-refractivity contribution is 0.201. The van der Waals surface area contributed by atoms with Crippen LogP contribution < -0.4 is 14.8 Å². The van der Waals surface area contributed by atoms with E-state index in [-0.39, 0.29) is 12.4 Å². The van der Waals surface area contributed by atoms with Crippen molar-refractivity contribution in [3.63, 3.8) is 0 Å². The van der Waals surface area contributed by atoms with Crippen LogP contribution in [0.5, 0.6) is 10.8 Å². The van der Waals surface area contributed by atoms with Gasteiger partial charge in [0, 0.05) is 12.7 Å². The number of carbonyl (C=O) groups is 1. The standard InChI is InChI=1S/C23H21FN4O3S/c1-16-22(31-23(29)25-15-17-7-9-18(24)10-8-17)32-21(26-16)20-11-12-28(27-20)13-14-30-19-5-3-2-4-6-19/h2-12H,13-15H2,1H3,(H,25,29).